The molecule has 0 spiro atoms. The number of nitrogens with zero attached hydrogens (tertiary/aromatic N) is 1. The van der Waals surface area contributed by atoms with Crippen LogP contribution in [0.4, 0.5) is 0 Å². The quantitative estimate of drug-likeness (QED) is 0.901. The summed E-state index contributed by atoms with van der Waals surface area (Å²) in [5, 5.41) is 8.88. The van der Waals surface area contributed by atoms with Gasteiger partial charge in [-0.3, -0.25) is 4.79 Å². The molecule has 0 bridgehead atoms. The van der Waals surface area contributed by atoms with Gasteiger partial charge in [-0.15, -0.1) is 11.3 Å². The minimum atomic E-state index is -3.46. The number of carboxylic acid groups (broad SMARTS) is 1. The predicted molar refractivity (Wildman–Crippen MR) is 71.1 cm³/mol. The standard InChI is InChI=1S/C10H12BrNO4S2/c11-8-1-2-9(17-8)18(15,16)12-5-3-7(4-6-12)10(13)14/h1-2,7H,3-6H2,(H,13,14). The Morgan fingerprint density at radius 2 is 2.00 bits per heavy atom. The molecular weight excluding hydrogens is 342 g/mol. The fourth-order valence-electron chi connectivity index (χ4n) is 1.91. The lowest BCUT2D eigenvalue weighted by molar-refractivity contribution is -0.142. The summed E-state index contributed by atoms with van der Waals surface area (Å²) >= 11 is 4.40. The average molecular weight is 354 g/mol. The molecule has 2 rings (SSSR count). The van der Waals surface area contributed by atoms with Gasteiger partial charge < -0.3 is 5.11 Å². The van der Waals surface area contributed by atoms with Crippen LogP contribution in [0.15, 0.2) is 20.1 Å². The van der Waals surface area contributed by atoms with Gasteiger partial charge in [0.1, 0.15) is 4.21 Å². The molecule has 1 aliphatic rings. The normalized spacial score (nSPS) is 18.9. The molecule has 0 saturated carbocycles. The predicted octanol–water partition coefficient (Wildman–Crippen LogP) is 2.00. The topological polar surface area (TPSA) is 74.7 Å². The van der Waals surface area contributed by atoms with Gasteiger partial charge in [-0.05, 0) is 40.9 Å². The lowest BCUT2D eigenvalue weighted by atomic mass is 9.99. The Balaban J connectivity index is 2.12. The summed E-state index contributed by atoms with van der Waals surface area (Å²) in [5.74, 6) is -1.27. The van der Waals surface area contributed by atoms with E-state index in [1.165, 1.54) is 15.6 Å². The van der Waals surface area contributed by atoms with Gasteiger partial charge in [-0.2, -0.15) is 4.31 Å². The summed E-state index contributed by atoms with van der Waals surface area (Å²) in [7, 11) is -3.46. The minimum Gasteiger partial charge on any atom is -0.481 e. The summed E-state index contributed by atoms with van der Waals surface area (Å²) < 4.78 is 26.9. The van der Waals surface area contributed by atoms with Gasteiger partial charge in [0, 0.05) is 13.1 Å². The number of piperidine rings is 1. The van der Waals surface area contributed by atoms with E-state index in [9.17, 15) is 13.2 Å². The Labute approximate surface area is 118 Å². The first-order valence-corrected chi connectivity index (χ1v) is 8.44. The molecule has 100 valence electrons. The molecular formula is C10H12BrNO4S2. The van der Waals surface area contributed by atoms with Crippen molar-refractivity contribution in [2.75, 3.05) is 13.1 Å². The minimum absolute atomic E-state index is 0.273. The van der Waals surface area contributed by atoms with E-state index >= 15 is 0 Å². The molecule has 1 saturated heterocycles. The Morgan fingerprint density at radius 3 is 2.44 bits per heavy atom. The number of aliphatic carboxylic acids is 1. The fraction of sp³-hybridized carbons (Fsp3) is 0.500. The van der Waals surface area contributed by atoms with Gasteiger partial charge >= 0.3 is 5.97 Å². The highest BCUT2D eigenvalue weighted by atomic mass is 79.9. The maximum absolute atomic E-state index is 12.2. The van der Waals surface area contributed by atoms with Crippen LogP contribution in [0, 0.1) is 5.92 Å². The first-order valence-electron chi connectivity index (χ1n) is 5.39. The monoisotopic (exact) mass is 353 g/mol. The lowest BCUT2D eigenvalue weighted by Gasteiger charge is -2.28. The molecule has 0 amide bonds. The summed E-state index contributed by atoms with van der Waals surface area (Å²) in [6, 6.07) is 3.26. The van der Waals surface area contributed by atoms with E-state index in [-0.39, 0.29) is 13.1 Å². The van der Waals surface area contributed by atoms with Crippen LogP contribution >= 0.6 is 27.3 Å². The Bertz CT molecular complexity index is 546. The molecule has 18 heavy (non-hydrogen) atoms. The van der Waals surface area contributed by atoms with Crippen molar-refractivity contribution >= 4 is 43.3 Å². The van der Waals surface area contributed by atoms with E-state index in [4.69, 9.17) is 5.11 Å². The van der Waals surface area contributed by atoms with Crippen molar-refractivity contribution in [1.29, 1.82) is 0 Å². The second kappa shape index (κ2) is 5.28. The largest absolute Gasteiger partial charge is 0.481 e. The Kier molecular flexibility index (Phi) is 4.10. The van der Waals surface area contributed by atoms with Crippen LogP contribution in [0.25, 0.3) is 0 Å². The van der Waals surface area contributed by atoms with Crippen molar-refractivity contribution in [3.63, 3.8) is 0 Å². The zero-order chi connectivity index (χ0) is 13.3. The first kappa shape index (κ1) is 14.0. The van der Waals surface area contributed by atoms with Crippen LogP contribution in [0.5, 0.6) is 0 Å². The van der Waals surface area contributed by atoms with E-state index in [0.29, 0.717) is 17.1 Å². The highest BCUT2D eigenvalue weighted by Crippen LogP contribution is 2.30. The second-order valence-corrected chi connectivity index (χ2v) is 8.70. The molecule has 0 aromatic carbocycles. The van der Waals surface area contributed by atoms with Gasteiger partial charge in [0.05, 0.1) is 9.70 Å². The van der Waals surface area contributed by atoms with Gasteiger partial charge in [0.25, 0.3) is 10.0 Å². The van der Waals surface area contributed by atoms with E-state index in [1.54, 1.807) is 12.1 Å². The number of sulfonamides is 1. The Morgan fingerprint density at radius 1 is 1.39 bits per heavy atom. The molecule has 1 aromatic heterocycles. The van der Waals surface area contributed by atoms with Crippen molar-refractivity contribution in [1.82, 2.24) is 4.31 Å². The van der Waals surface area contributed by atoms with E-state index in [2.05, 4.69) is 15.9 Å². The molecule has 1 aliphatic heterocycles. The number of thiophene rings is 1. The van der Waals surface area contributed by atoms with Crippen molar-refractivity contribution in [3.05, 3.63) is 15.9 Å². The third kappa shape index (κ3) is 2.76. The van der Waals surface area contributed by atoms with Gasteiger partial charge in [0.15, 0.2) is 0 Å². The summed E-state index contributed by atoms with van der Waals surface area (Å²) in [5.41, 5.74) is 0. The molecule has 0 unspecified atom stereocenters. The number of halogens is 1. The van der Waals surface area contributed by atoms with Crippen LogP contribution < -0.4 is 0 Å². The highest BCUT2D eigenvalue weighted by molar-refractivity contribution is 9.11. The number of hydrogen-bond donors (Lipinski definition) is 1. The maximum atomic E-state index is 12.2. The smallest absolute Gasteiger partial charge is 0.306 e. The third-order valence-electron chi connectivity index (χ3n) is 2.95. The zero-order valence-electron chi connectivity index (χ0n) is 9.37. The summed E-state index contributed by atoms with van der Waals surface area (Å²) in [6.07, 6.45) is 0.752. The molecule has 1 fully saturated rings. The van der Waals surface area contributed by atoms with Gasteiger partial charge in [-0.1, -0.05) is 0 Å². The van der Waals surface area contributed by atoms with Crippen molar-refractivity contribution in [2.45, 2.75) is 17.1 Å². The number of rotatable bonds is 3. The first-order chi connectivity index (χ1) is 8.41. The second-order valence-electron chi connectivity index (χ2n) is 4.08. The molecule has 1 N–H and O–H groups in total. The van der Waals surface area contributed by atoms with Gasteiger partial charge in [0.2, 0.25) is 0 Å². The number of carboxylic acids is 1. The van der Waals surface area contributed by atoms with Crippen molar-refractivity contribution in [2.24, 2.45) is 5.92 Å². The van der Waals surface area contributed by atoms with Crippen molar-refractivity contribution in [3.8, 4) is 0 Å². The van der Waals surface area contributed by atoms with Crippen LogP contribution in [0.1, 0.15) is 12.8 Å². The molecule has 0 atom stereocenters. The molecule has 0 radical (unpaired) electrons. The fourth-order valence-corrected chi connectivity index (χ4v) is 5.54. The van der Waals surface area contributed by atoms with Crippen molar-refractivity contribution < 1.29 is 18.3 Å². The Hall–Kier alpha value is -0.440. The van der Waals surface area contributed by atoms with Gasteiger partial charge in [-0.25, -0.2) is 8.42 Å². The third-order valence-corrected chi connectivity index (χ3v) is 6.94. The summed E-state index contributed by atoms with van der Waals surface area (Å²) in [4.78, 5) is 10.8. The lowest BCUT2D eigenvalue weighted by Crippen LogP contribution is -2.39. The molecule has 2 heterocycles. The molecule has 1 aromatic rings. The molecule has 0 aliphatic carbocycles. The van der Waals surface area contributed by atoms with E-state index in [1.807, 2.05) is 0 Å². The van der Waals surface area contributed by atoms with E-state index < -0.39 is 21.9 Å². The zero-order valence-corrected chi connectivity index (χ0v) is 12.6. The number of hydrogen-bond acceptors (Lipinski definition) is 4. The maximum Gasteiger partial charge on any atom is 0.306 e. The van der Waals surface area contributed by atoms with E-state index in [0.717, 1.165) is 3.79 Å². The van der Waals surface area contributed by atoms with Crippen LogP contribution in [-0.2, 0) is 14.8 Å². The SMILES string of the molecule is O=C(O)C1CCN(S(=O)(=O)c2ccc(Br)s2)CC1. The molecule has 5 nitrogen and oxygen atoms in total. The van der Waals surface area contributed by atoms with Crippen LogP contribution in [0.2, 0.25) is 0 Å². The average Bonchev–Trinajstić information content (AvgIpc) is 2.76. The highest BCUT2D eigenvalue weighted by Gasteiger charge is 2.32. The van der Waals surface area contributed by atoms with Crippen LogP contribution in [0.3, 0.4) is 0 Å². The summed E-state index contributed by atoms with van der Waals surface area (Å²) in [6.45, 7) is 0.545. The van der Waals surface area contributed by atoms with Crippen LogP contribution in [-0.4, -0.2) is 36.9 Å². The molecule has 8 heteroatoms. The number of carbonyl (C=O) groups is 1.